The van der Waals surface area contributed by atoms with E-state index in [4.69, 9.17) is 11.5 Å². The molecule has 5 N–H and O–H groups in total. The fourth-order valence-electron chi connectivity index (χ4n) is 2.85. The van der Waals surface area contributed by atoms with E-state index in [1.54, 1.807) is 0 Å². The molecule has 1 saturated carbocycles. The van der Waals surface area contributed by atoms with Crippen LogP contribution in [0.3, 0.4) is 0 Å². The standard InChI is InChI=1S/C16H23N3O2.ClH/c17-14(9-11-5-2-1-3-6-11)16(21)19-13-8-4-7-12(10-13)15(18)20;/h1-3,5-6,12-14H,4,7-10,17H2,(H2,18,20)(H,19,21);1H/t12?,13?,14-;/m0./s1. The van der Waals surface area contributed by atoms with Gasteiger partial charge in [0.15, 0.2) is 0 Å². The summed E-state index contributed by atoms with van der Waals surface area (Å²) in [5.41, 5.74) is 12.3. The molecule has 0 heterocycles. The summed E-state index contributed by atoms with van der Waals surface area (Å²) in [6.45, 7) is 0. The van der Waals surface area contributed by atoms with Crippen LogP contribution in [0, 0.1) is 5.92 Å². The molecule has 0 radical (unpaired) electrons. The van der Waals surface area contributed by atoms with E-state index >= 15 is 0 Å². The first-order valence-electron chi connectivity index (χ1n) is 7.45. The summed E-state index contributed by atoms with van der Waals surface area (Å²) in [7, 11) is 0. The quantitative estimate of drug-likeness (QED) is 0.757. The summed E-state index contributed by atoms with van der Waals surface area (Å²) < 4.78 is 0. The van der Waals surface area contributed by atoms with Gasteiger partial charge in [0.25, 0.3) is 0 Å². The lowest BCUT2D eigenvalue weighted by Crippen LogP contribution is -2.48. The fraction of sp³-hybridized carbons (Fsp3) is 0.500. The molecule has 6 heteroatoms. The van der Waals surface area contributed by atoms with Crippen LogP contribution in [0.2, 0.25) is 0 Å². The number of hydrogen-bond donors (Lipinski definition) is 3. The average Bonchev–Trinajstić information content (AvgIpc) is 2.48. The number of carbonyl (C=O) groups is 2. The Morgan fingerprint density at radius 2 is 1.91 bits per heavy atom. The van der Waals surface area contributed by atoms with Gasteiger partial charge in [0.1, 0.15) is 0 Å². The van der Waals surface area contributed by atoms with E-state index < -0.39 is 6.04 Å². The molecule has 1 aromatic carbocycles. The lowest BCUT2D eigenvalue weighted by atomic mass is 9.85. The van der Waals surface area contributed by atoms with Crippen LogP contribution in [-0.2, 0) is 16.0 Å². The van der Waals surface area contributed by atoms with E-state index in [9.17, 15) is 9.59 Å². The van der Waals surface area contributed by atoms with Crippen molar-refractivity contribution in [1.82, 2.24) is 5.32 Å². The van der Waals surface area contributed by atoms with Gasteiger partial charge in [-0.2, -0.15) is 0 Å². The van der Waals surface area contributed by atoms with E-state index in [1.165, 1.54) is 0 Å². The minimum absolute atomic E-state index is 0. The van der Waals surface area contributed by atoms with E-state index in [-0.39, 0.29) is 36.2 Å². The molecule has 1 aliphatic rings. The van der Waals surface area contributed by atoms with Gasteiger partial charge in [0.05, 0.1) is 6.04 Å². The second-order valence-electron chi connectivity index (χ2n) is 5.77. The Bertz CT molecular complexity index is 495. The number of amides is 2. The Morgan fingerprint density at radius 1 is 1.23 bits per heavy atom. The van der Waals surface area contributed by atoms with Gasteiger partial charge in [-0.3, -0.25) is 9.59 Å². The predicted octanol–water partition coefficient (Wildman–Crippen LogP) is 1.14. The molecule has 2 unspecified atom stereocenters. The normalized spacial score (nSPS) is 22.2. The second kappa shape index (κ2) is 8.76. The molecular formula is C16H24ClN3O2. The van der Waals surface area contributed by atoms with Gasteiger partial charge >= 0.3 is 0 Å². The monoisotopic (exact) mass is 325 g/mol. The van der Waals surface area contributed by atoms with Crippen molar-refractivity contribution in [3.8, 4) is 0 Å². The van der Waals surface area contributed by atoms with Crippen molar-refractivity contribution >= 4 is 24.2 Å². The van der Waals surface area contributed by atoms with Crippen LogP contribution in [0.1, 0.15) is 31.2 Å². The van der Waals surface area contributed by atoms with Crippen molar-refractivity contribution in [3.05, 3.63) is 35.9 Å². The van der Waals surface area contributed by atoms with Crippen molar-refractivity contribution in [2.45, 2.75) is 44.2 Å². The molecule has 0 aliphatic heterocycles. The Hall–Kier alpha value is -1.59. The van der Waals surface area contributed by atoms with Gasteiger partial charge < -0.3 is 16.8 Å². The Balaban J connectivity index is 0.00000242. The number of carbonyl (C=O) groups excluding carboxylic acids is 2. The average molecular weight is 326 g/mol. The maximum absolute atomic E-state index is 12.1. The van der Waals surface area contributed by atoms with Gasteiger partial charge in [0, 0.05) is 12.0 Å². The van der Waals surface area contributed by atoms with Crippen LogP contribution in [0.5, 0.6) is 0 Å². The lowest BCUT2D eigenvalue weighted by molar-refractivity contribution is -0.126. The van der Waals surface area contributed by atoms with Crippen molar-refractivity contribution in [2.24, 2.45) is 17.4 Å². The highest BCUT2D eigenvalue weighted by Crippen LogP contribution is 2.24. The van der Waals surface area contributed by atoms with Gasteiger partial charge in [-0.1, -0.05) is 36.8 Å². The SMILES string of the molecule is Cl.NC(=O)C1CCCC(NC(=O)[C@@H](N)Cc2ccccc2)C1. The third-order valence-corrected chi connectivity index (χ3v) is 4.06. The van der Waals surface area contributed by atoms with Gasteiger partial charge in [-0.05, 0) is 31.2 Å². The lowest BCUT2D eigenvalue weighted by Gasteiger charge is -2.28. The van der Waals surface area contributed by atoms with E-state index in [0.29, 0.717) is 12.8 Å². The zero-order valence-electron chi connectivity index (χ0n) is 12.5. The summed E-state index contributed by atoms with van der Waals surface area (Å²) in [6.07, 6.45) is 3.75. The van der Waals surface area contributed by atoms with Gasteiger partial charge in [-0.15, -0.1) is 12.4 Å². The molecule has 0 bridgehead atoms. The topological polar surface area (TPSA) is 98.2 Å². The first-order valence-corrected chi connectivity index (χ1v) is 7.45. The third-order valence-electron chi connectivity index (χ3n) is 4.06. The minimum Gasteiger partial charge on any atom is -0.369 e. The molecule has 5 nitrogen and oxygen atoms in total. The van der Waals surface area contributed by atoms with Crippen LogP contribution < -0.4 is 16.8 Å². The van der Waals surface area contributed by atoms with Crippen molar-refractivity contribution in [1.29, 1.82) is 0 Å². The van der Waals surface area contributed by atoms with Crippen molar-refractivity contribution < 1.29 is 9.59 Å². The zero-order chi connectivity index (χ0) is 15.2. The zero-order valence-corrected chi connectivity index (χ0v) is 13.4. The number of hydrogen-bond acceptors (Lipinski definition) is 3. The first-order chi connectivity index (χ1) is 10.1. The van der Waals surface area contributed by atoms with E-state index in [2.05, 4.69) is 5.32 Å². The van der Waals surface area contributed by atoms with E-state index in [0.717, 1.165) is 24.8 Å². The maximum atomic E-state index is 12.1. The van der Waals surface area contributed by atoms with Gasteiger partial charge in [0.2, 0.25) is 11.8 Å². The molecule has 0 aromatic heterocycles. The summed E-state index contributed by atoms with van der Waals surface area (Å²) in [6, 6.07) is 9.14. The molecule has 22 heavy (non-hydrogen) atoms. The Labute approximate surface area is 137 Å². The highest BCUT2D eigenvalue weighted by Gasteiger charge is 2.27. The van der Waals surface area contributed by atoms with Crippen LogP contribution >= 0.6 is 12.4 Å². The number of nitrogens with two attached hydrogens (primary N) is 2. The maximum Gasteiger partial charge on any atom is 0.237 e. The molecule has 1 fully saturated rings. The third kappa shape index (κ3) is 5.31. The molecule has 122 valence electrons. The van der Waals surface area contributed by atoms with Gasteiger partial charge in [-0.25, -0.2) is 0 Å². The Kier molecular flexibility index (Phi) is 7.35. The fourth-order valence-corrected chi connectivity index (χ4v) is 2.85. The highest BCUT2D eigenvalue weighted by molar-refractivity contribution is 5.85. The number of benzene rings is 1. The smallest absolute Gasteiger partial charge is 0.237 e. The second-order valence-corrected chi connectivity index (χ2v) is 5.77. The number of halogens is 1. The van der Waals surface area contributed by atoms with Crippen molar-refractivity contribution in [3.63, 3.8) is 0 Å². The molecule has 1 aromatic rings. The minimum atomic E-state index is -0.568. The number of nitrogens with one attached hydrogen (secondary N) is 1. The van der Waals surface area contributed by atoms with Crippen LogP contribution in [0.25, 0.3) is 0 Å². The van der Waals surface area contributed by atoms with Crippen LogP contribution in [0.4, 0.5) is 0 Å². The van der Waals surface area contributed by atoms with Crippen LogP contribution in [0.15, 0.2) is 30.3 Å². The number of rotatable bonds is 5. The summed E-state index contributed by atoms with van der Waals surface area (Å²) >= 11 is 0. The molecule has 2 rings (SSSR count). The first kappa shape index (κ1) is 18.5. The largest absolute Gasteiger partial charge is 0.369 e. The predicted molar refractivity (Wildman–Crippen MR) is 88.5 cm³/mol. The summed E-state index contributed by atoms with van der Waals surface area (Å²) in [5.74, 6) is -0.564. The summed E-state index contributed by atoms with van der Waals surface area (Å²) in [5, 5.41) is 2.95. The highest BCUT2D eigenvalue weighted by atomic mass is 35.5. The molecule has 0 saturated heterocycles. The van der Waals surface area contributed by atoms with E-state index in [1.807, 2.05) is 30.3 Å². The van der Waals surface area contributed by atoms with Crippen LogP contribution in [-0.4, -0.2) is 23.9 Å². The summed E-state index contributed by atoms with van der Waals surface area (Å²) in [4.78, 5) is 23.4. The molecule has 2 amide bonds. The molecule has 0 spiro atoms. The molecular weight excluding hydrogens is 302 g/mol. The molecule has 1 aliphatic carbocycles. The number of primary amides is 1. The Morgan fingerprint density at radius 3 is 2.55 bits per heavy atom. The van der Waals surface area contributed by atoms with Crippen molar-refractivity contribution in [2.75, 3.05) is 0 Å². The molecule has 3 atom stereocenters.